The van der Waals surface area contributed by atoms with Gasteiger partial charge in [0.15, 0.2) is 0 Å². The van der Waals surface area contributed by atoms with E-state index in [1.807, 2.05) is 18.2 Å². The average Bonchev–Trinajstić information content (AvgIpc) is 3.00. The summed E-state index contributed by atoms with van der Waals surface area (Å²) in [6, 6.07) is 16.0. The fourth-order valence-electron chi connectivity index (χ4n) is 4.53. The number of carbonyl (C=O) groups excluding carboxylic acids is 2. The Bertz CT molecular complexity index is 928. The van der Waals surface area contributed by atoms with Gasteiger partial charge in [0, 0.05) is 5.56 Å². The van der Waals surface area contributed by atoms with Crippen molar-refractivity contribution < 1.29 is 23.8 Å². The van der Waals surface area contributed by atoms with E-state index < -0.39 is 17.7 Å². The van der Waals surface area contributed by atoms with E-state index in [-0.39, 0.29) is 31.5 Å². The lowest BCUT2D eigenvalue weighted by Gasteiger charge is -2.35. The van der Waals surface area contributed by atoms with Crippen molar-refractivity contribution in [1.29, 1.82) is 0 Å². The lowest BCUT2D eigenvalue weighted by atomic mass is 9.74. The summed E-state index contributed by atoms with van der Waals surface area (Å²) in [6.07, 6.45) is 1.74. The van der Waals surface area contributed by atoms with Crippen LogP contribution < -0.4 is 5.32 Å². The van der Waals surface area contributed by atoms with Gasteiger partial charge in [0.25, 0.3) is 5.91 Å². The maximum atomic E-state index is 13.6. The van der Waals surface area contributed by atoms with Gasteiger partial charge in [-0.1, -0.05) is 48.5 Å². The maximum Gasteiger partial charge on any atom is 0.325 e. The Morgan fingerprint density at radius 1 is 1.10 bits per heavy atom. The molecule has 2 fully saturated rings. The second-order valence-electron chi connectivity index (χ2n) is 8.37. The highest BCUT2D eigenvalue weighted by molar-refractivity contribution is 6.07. The first-order valence-electron chi connectivity index (χ1n) is 10.7. The van der Waals surface area contributed by atoms with E-state index in [1.54, 1.807) is 18.2 Å². The number of nitrogens with one attached hydrogen (secondary N) is 1. The lowest BCUT2D eigenvalue weighted by molar-refractivity contribution is -0.133. The molecule has 2 aromatic carbocycles. The number of hydrogen-bond donors (Lipinski definition) is 2. The molecule has 1 saturated carbocycles. The minimum atomic E-state index is -1.04. The van der Waals surface area contributed by atoms with Gasteiger partial charge in [0.2, 0.25) is 0 Å². The number of rotatable bonds is 7. The van der Waals surface area contributed by atoms with E-state index in [0.717, 1.165) is 17.7 Å². The highest BCUT2D eigenvalue weighted by Gasteiger charge is 2.52. The minimum Gasteiger partial charge on any atom is -0.389 e. The van der Waals surface area contributed by atoms with Gasteiger partial charge in [-0.15, -0.1) is 0 Å². The van der Waals surface area contributed by atoms with Gasteiger partial charge in [-0.05, 0) is 43.2 Å². The molecule has 2 N–H and O–H groups in total. The second-order valence-corrected chi connectivity index (χ2v) is 8.37. The summed E-state index contributed by atoms with van der Waals surface area (Å²) in [5.74, 6) is -0.278. The molecule has 6 nitrogen and oxygen atoms in total. The van der Waals surface area contributed by atoms with Crippen LogP contribution in [0, 0.1) is 5.82 Å². The zero-order valence-corrected chi connectivity index (χ0v) is 17.3. The monoisotopic (exact) mass is 426 g/mol. The molecule has 1 spiro atoms. The molecule has 2 aromatic rings. The Balaban J connectivity index is 1.29. The van der Waals surface area contributed by atoms with Crippen molar-refractivity contribution in [3.8, 4) is 0 Å². The first-order valence-corrected chi connectivity index (χ1v) is 10.7. The number of carbonyl (C=O) groups is 2. The summed E-state index contributed by atoms with van der Waals surface area (Å²) in [5.41, 5.74) is 0.767. The molecular weight excluding hydrogens is 399 g/mol. The third kappa shape index (κ3) is 4.62. The van der Waals surface area contributed by atoms with Crippen molar-refractivity contribution in [2.75, 3.05) is 13.2 Å². The van der Waals surface area contributed by atoms with Gasteiger partial charge in [-0.3, -0.25) is 9.69 Å². The normalized spacial score (nSPS) is 24.5. The van der Waals surface area contributed by atoms with Crippen LogP contribution in [-0.4, -0.2) is 46.7 Å². The van der Waals surface area contributed by atoms with Crippen molar-refractivity contribution in [2.24, 2.45) is 0 Å². The fourth-order valence-corrected chi connectivity index (χ4v) is 4.53. The Hall–Kier alpha value is -2.77. The molecule has 164 valence electrons. The number of urea groups is 1. The summed E-state index contributed by atoms with van der Waals surface area (Å²) in [6.45, 7) is -0.241. The maximum absolute atomic E-state index is 13.6. The number of β-amino-alcohol motifs (C(OH)–C–C–N with tert-alkyl or cyclic N) is 1. The number of amides is 3. The Morgan fingerprint density at radius 2 is 1.77 bits per heavy atom. The number of halogens is 1. The molecule has 1 atom stereocenters. The molecule has 1 aliphatic heterocycles. The van der Waals surface area contributed by atoms with E-state index in [0.29, 0.717) is 24.3 Å². The number of imide groups is 1. The van der Waals surface area contributed by atoms with Crippen LogP contribution in [0.2, 0.25) is 0 Å². The molecule has 0 radical (unpaired) electrons. The van der Waals surface area contributed by atoms with E-state index in [4.69, 9.17) is 4.74 Å². The number of ether oxygens (including phenoxy) is 1. The van der Waals surface area contributed by atoms with Crippen LogP contribution >= 0.6 is 0 Å². The van der Waals surface area contributed by atoms with Crippen LogP contribution in [0.4, 0.5) is 9.18 Å². The van der Waals surface area contributed by atoms with Crippen LogP contribution in [0.1, 0.15) is 42.7 Å². The number of nitrogens with zero attached hydrogens (tertiary/aromatic N) is 1. The average molecular weight is 426 g/mol. The van der Waals surface area contributed by atoms with E-state index in [2.05, 4.69) is 17.4 Å². The largest absolute Gasteiger partial charge is 0.389 e. The van der Waals surface area contributed by atoms with Crippen molar-refractivity contribution in [3.63, 3.8) is 0 Å². The Labute approximate surface area is 181 Å². The van der Waals surface area contributed by atoms with Crippen LogP contribution in [0.5, 0.6) is 0 Å². The first-order chi connectivity index (χ1) is 15.0. The predicted molar refractivity (Wildman–Crippen MR) is 113 cm³/mol. The molecule has 31 heavy (non-hydrogen) atoms. The van der Waals surface area contributed by atoms with Crippen molar-refractivity contribution in [2.45, 2.75) is 49.9 Å². The quantitative estimate of drug-likeness (QED) is 0.666. The summed E-state index contributed by atoms with van der Waals surface area (Å²) in [5, 5.41) is 13.1. The van der Waals surface area contributed by atoms with Gasteiger partial charge in [0.05, 0.1) is 25.9 Å². The second kappa shape index (κ2) is 9.16. The molecule has 1 saturated heterocycles. The van der Waals surface area contributed by atoms with Crippen LogP contribution in [0.3, 0.4) is 0 Å². The van der Waals surface area contributed by atoms with Gasteiger partial charge >= 0.3 is 6.03 Å². The topological polar surface area (TPSA) is 78.9 Å². The van der Waals surface area contributed by atoms with Gasteiger partial charge in [0.1, 0.15) is 11.4 Å². The molecule has 1 unspecified atom stereocenters. The van der Waals surface area contributed by atoms with Crippen molar-refractivity contribution in [3.05, 3.63) is 71.5 Å². The van der Waals surface area contributed by atoms with Crippen LogP contribution in [-0.2, 0) is 16.1 Å². The molecule has 7 heteroatoms. The van der Waals surface area contributed by atoms with Gasteiger partial charge < -0.3 is 15.2 Å². The molecule has 0 bridgehead atoms. The van der Waals surface area contributed by atoms with Crippen LogP contribution in [0.25, 0.3) is 0 Å². The molecule has 0 aromatic heterocycles. The molecule has 2 aliphatic rings. The molecular formula is C24H27FN2O4. The fraction of sp³-hybridized carbons (Fsp3) is 0.417. The molecule has 1 aliphatic carbocycles. The number of hydrogen-bond acceptors (Lipinski definition) is 4. The highest BCUT2D eigenvalue weighted by Crippen LogP contribution is 2.40. The lowest BCUT2D eigenvalue weighted by Crippen LogP contribution is -2.49. The number of benzene rings is 2. The summed E-state index contributed by atoms with van der Waals surface area (Å²) < 4.78 is 19.0. The third-order valence-electron chi connectivity index (χ3n) is 6.27. The zero-order chi connectivity index (χ0) is 21.8. The number of aliphatic hydroxyl groups is 1. The smallest absolute Gasteiger partial charge is 0.325 e. The highest BCUT2D eigenvalue weighted by atomic mass is 19.1. The summed E-state index contributed by atoms with van der Waals surface area (Å²) in [7, 11) is 0. The third-order valence-corrected chi connectivity index (χ3v) is 6.27. The molecule has 3 amide bonds. The molecule has 4 rings (SSSR count). The zero-order valence-electron chi connectivity index (χ0n) is 17.3. The van der Waals surface area contributed by atoms with E-state index >= 15 is 0 Å². The van der Waals surface area contributed by atoms with Gasteiger partial charge in [-0.25, -0.2) is 9.18 Å². The van der Waals surface area contributed by atoms with Crippen molar-refractivity contribution >= 4 is 11.9 Å². The van der Waals surface area contributed by atoms with E-state index in [9.17, 15) is 19.1 Å². The first kappa shape index (κ1) is 21.5. The standard InChI is InChI=1S/C24H27FN2O4/c25-21-9-5-4-8-19(21)15-31-16-20(28)14-27-22(29)24(26-23(27)30)12-10-18(11-13-24)17-6-2-1-3-7-17/h1-9,18,20,28H,10-16H2,(H,26,30). The van der Waals surface area contributed by atoms with Crippen molar-refractivity contribution in [1.82, 2.24) is 10.2 Å². The number of aliphatic hydroxyl groups excluding tert-OH is 1. The predicted octanol–water partition coefficient (Wildman–Crippen LogP) is 3.35. The summed E-state index contributed by atoms with van der Waals surface area (Å²) >= 11 is 0. The van der Waals surface area contributed by atoms with Gasteiger partial charge in [-0.2, -0.15) is 0 Å². The van der Waals surface area contributed by atoms with Crippen LogP contribution in [0.15, 0.2) is 54.6 Å². The molecule has 1 heterocycles. The van der Waals surface area contributed by atoms with E-state index in [1.165, 1.54) is 11.6 Å². The minimum absolute atomic E-state index is 0.00862. The summed E-state index contributed by atoms with van der Waals surface area (Å²) in [4.78, 5) is 26.6. The Morgan fingerprint density at radius 3 is 2.48 bits per heavy atom. The SMILES string of the molecule is O=C1NC2(CCC(c3ccccc3)CC2)C(=O)N1CC(O)COCc1ccccc1F. The Kier molecular flexibility index (Phi) is 6.34.